The second-order valence-electron chi connectivity index (χ2n) is 4.61. The summed E-state index contributed by atoms with van der Waals surface area (Å²) in [6.45, 7) is 0.385. The van der Waals surface area contributed by atoms with Crippen LogP contribution in [-0.2, 0) is 16.4 Å². The van der Waals surface area contributed by atoms with Gasteiger partial charge in [0.25, 0.3) is 0 Å². The highest BCUT2D eigenvalue weighted by Crippen LogP contribution is 2.11. The number of nitrogens with two attached hydrogens (primary N) is 1. The molecule has 0 aliphatic rings. The number of hydrogen-bond acceptors (Lipinski definition) is 3. The molecule has 0 radical (unpaired) electrons. The van der Waals surface area contributed by atoms with Crippen molar-refractivity contribution in [3.05, 3.63) is 60.2 Å². The molecule has 3 N–H and O–H groups in total. The summed E-state index contributed by atoms with van der Waals surface area (Å²) in [4.78, 5) is 4.51. The molecule has 2 rings (SSSR count). The Hall–Kier alpha value is -2.34. The Labute approximate surface area is 124 Å². The van der Waals surface area contributed by atoms with Crippen molar-refractivity contribution < 1.29 is 8.42 Å². The lowest BCUT2D eigenvalue weighted by molar-refractivity contribution is 0.602. The van der Waals surface area contributed by atoms with Gasteiger partial charge in [-0.25, -0.2) is 13.4 Å². The molecule has 110 valence electrons. The van der Waals surface area contributed by atoms with E-state index < -0.39 is 9.84 Å². The van der Waals surface area contributed by atoms with E-state index in [9.17, 15) is 8.42 Å². The monoisotopic (exact) mass is 303 g/mol. The second kappa shape index (κ2) is 6.41. The lowest BCUT2D eigenvalue weighted by atomic mass is 10.2. The van der Waals surface area contributed by atoms with Crippen molar-refractivity contribution in [2.45, 2.75) is 11.4 Å². The maximum atomic E-state index is 11.4. The van der Waals surface area contributed by atoms with Crippen LogP contribution in [0.25, 0.3) is 0 Å². The van der Waals surface area contributed by atoms with Gasteiger partial charge in [-0.1, -0.05) is 30.3 Å². The summed E-state index contributed by atoms with van der Waals surface area (Å²) in [6, 6.07) is 16.1. The molecule has 2 aromatic carbocycles. The highest BCUT2D eigenvalue weighted by Gasteiger charge is 2.05. The minimum Gasteiger partial charge on any atom is -0.370 e. The van der Waals surface area contributed by atoms with Crippen LogP contribution in [0, 0.1) is 0 Å². The lowest BCUT2D eigenvalue weighted by Crippen LogP contribution is -2.22. The second-order valence-corrected chi connectivity index (χ2v) is 6.62. The molecule has 21 heavy (non-hydrogen) atoms. The van der Waals surface area contributed by atoms with Crippen molar-refractivity contribution in [3.63, 3.8) is 0 Å². The summed E-state index contributed by atoms with van der Waals surface area (Å²) in [5, 5.41) is 2.98. The molecule has 5 nitrogen and oxygen atoms in total. The molecule has 0 fully saturated rings. The largest absolute Gasteiger partial charge is 0.370 e. The van der Waals surface area contributed by atoms with E-state index in [0.29, 0.717) is 17.4 Å². The van der Waals surface area contributed by atoms with E-state index in [4.69, 9.17) is 5.73 Å². The van der Waals surface area contributed by atoms with Gasteiger partial charge >= 0.3 is 0 Å². The van der Waals surface area contributed by atoms with Gasteiger partial charge in [0, 0.05) is 11.9 Å². The van der Waals surface area contributed by atoms with E-state index >= 15 is 0 Å². The summed E-state index contributed by atoms with van der Waals surface area (Å²) in [5.74, 6) is 0.313. The van der Waals surface area contributed by atoms with Gasteiger partial charge in [0.15, 0.2) is 15.8 Å². The van der Waals surface area contributed by atoms with Gasteiger partial charge in [0.1, 0.15) is 0 Å². The Kier molecular flexibility index (Phi) is 4.59. The molecule has 0 amide bonds. The van der Waals surface area contributed by atoms with Crippen molar-refractivity contribution in [1.29, 1.82) is 0 Å². The quantitative estimate of drug-likeness (QED) is 0.668. The third-order valence-corrected chi connectivity index (χ3v) is 3.96. The standard InChI is InChI=1S/C15H17N3O2S/c1-21(19,20)14-9-7-12(8-10-14)11-17-15(16)18-13-5-3-2-4-6-13/h2-10H,11H2,1H3,(H3,16,17,18). The first-order valence-electron chi connectivity index (χ1n) is 6.36. The number of rotatable bonds is 4. The van der Waals surface area contributed by atoms with Crippen LogP contribution in [0.1, 0.15) is 5.56 Å². The van der Waals surface area contributed by atoms with E-state index in [0.717, 1.165) is 11.3 Å². The molecule has 0 spiro atoms. The third kappa shape index (κ3) is 4.61. The summed E-state index contributed by atoms with van der Waals surface area (Å²) in [5.41, 5.74) is 7.55. The molecule has 6 heteroatoms. The van der Waals surface area contributed by atoms with Crippen LogP contribution in [-0.4, -0.2) is 20.6 Å². The molecule has 0 bridgehead atoms. The molecule has 0 aromatic heterocycles. The third-order valence-electron chi connectivity index (χ3n) is 2.83. The van der Waals surface area contributed by atoms with E-state index in [2.05, 4.69) is 10.3 Å². The lowest BCUT2D eigenvalue weighted by Gasteiger charge is -2.05. The number of guanidine groups is 1. The smallest absolute Gasteiger partial charge is 0.193 e. The zero-order chi connectivity index (χ0) is 15.3. The van der Waals surface area contributed by atoms with E-state index in [1.807, 2.05) is 30.3 Å². The SMILES string of the molecule is CS(=O)(=O)c1ccc(CN=C(N)Nc2ccccc2)cc1. The normalized spacial score (nSPS) is 12.1. The molecule has 0 saturated carbocycles. The fourth-order valence-corrected chi connectivity index (χ4v) is 2.36. The first kappa shape index (κ1) is 15.1. The van der Waals surface area contributed by atoms with Crippen molar-refractivity contribution in [2.75, 3.05) is 11.6 Å². The van der Waals surface area contributed by atoms with Crippen molar-refractivity contribution >= 4 is 21.5 Å². The van der Waals surface area contributed by atoms with Crippen LogP contribution < -0.4 is 11.1 Å². The van der Waals surface area contributed by atoms with Crippen molar-refractivity contribution in [2.24, 2.45) is 10.7 Å². The Morgan fingerprint density at radius 2 is 1.71 bits per heavy atom. The van der Waals surface area contributed by atoms with Gasteiger partial charge in [-0.15, -0.1) is 0 Å². The van der Waals surface area contributed by atoms with Crippen molar-refractivity contribution in [3.8, 4) is 0 Å². The maximum Gasteiger partial charge on any atom is 0.193 e. The van der Waals surface area contributed by atoms with Crippen LogP contribution in [0.5, 0.6) is 0 Å². The zero-order valence-electron chi connectivity index (χ0n) is 11.7. The average Bonchev–Trinajstić information content (AvgIpc) is 2.46. The Morgan fingerprint density at radius 1 is 1.10 bits per heavy atom. The van der Waals surface area contributed by atoms with E-state index in [1.54, 1.807) is 24.3 Å². The van der Waals surface area contributed by atoms with E-state index in [1.165, 1.54) is 6.26 Å². The first-order chi connectivity index (χ1) is 9.95. The maximum absolute atomic E-state index is 11.4. The zero-order valence-corrected chi connectivity index (χ0v) is 12.5. The van der Waals surface area contributed by atoms with Crippen LogP contribution in [0.15, 0.2) is 64.5 Å². The summed E-state index contributed by atoms with van der Waals surface area (Å²) in [6.07, 6.45) is 1.18. The minimum absolute atomic E-state index is 0.297. The van der Waals surface area contributed by atoms with Gasteiger partial charge in [0.05, 0.1) is 11.4 Å². The average molecular weight is 303 g/mol. The molecule has 0 aliphatic carbocycles. The van der Waals surface area contributed by atoms with Crippen LogP contribution >= 0.6 is 0 Å². The fraction of sp³-hybridized carbons (Fsp3) is 0.133. The molecule has 0 unspecified atom stereocenters. The van der Waals surface area contributed by atoms with Gasteiger partial charge < -0.3 is 11.1 Å². The molecule has 2 aromatic rings. The number of benzene rings is 2. The fourth-order valence-electron chi connectivity index (χ4n) is 1.73. The Balaban J connectivity index is 2.00. The van der Waals surface area contributed by atoms with Crippen molar-refractivity contribution in [1.82, 2.24) is 0 Å². The Bertz CT molecular complexity index is 723. The number of nitrogens with zero attached hydrogens (tertiary/aromatic N) is 1. The van der Waals surface area contributed by atoms with Gasteiger partial charge in [-0.2, -0.15) is 0 Å². The number of aliphatic imine (C=N–C) groups is 1. The van der Waals surface area contributed by atoms with Gasteiger partial charge in [-0.05, 0) is 29.8 Å². The number of anilines is 1. The molecular formula is C15H17N3O2S. The van der Waals surface area contributed by atoms with Gasteiger partial charge in [-0.3, -0.25) is 0 Å². The Morgan fingerprint density at radius 3 is 2.29 bits per heavy atom. The molecule has 0 atom stereocenters. The number of nitrogens with one attached hydrogen (secondary N) is 1. The number of hydrogen-bond donors (Lipinski definition) is 2. The first-order valence-corrected chi connectivity index (χ1v) is 8.25. The summed E-state index contributed by atoms with van der Waals surface area (Å²) >= 11 is 0. The summed E-state index contributed by atoms with van der Waals surface area (Å²) < 4.78 is 22.7. The number of para-hydroxylation sites is 1. The van der Waals surface area contributed by atoms with Crippen LogP contribution in [0.4, 0.5) is 5.69 Å². The predicted molar refractivity (Wildman–Crippen MR) is 84.9 cm³/mol. The molecular weight excluding hydrogens is 286 g/mol. The molecule has 0 heterocycles. The van der Waals surface area contributed by atoms with E-state index in [-0.39, 0.29) is 0 Å². The van der Waals surface area contributed by atoms with Crippen LogP contribution in [0.2, 0.25) is 0 Å². The highest BCUT2D eigenvalue weighted by atomic mass is 32.2. The van der Waals surface area contributed by atoms with Gasteiger partial charge in [0.2, 0.25) is 0 Å². The molecule has 0 aliphatic heterocycles. The minimum atomic E-state index is -3.16. The van der Waals surface area contributed by atoms with Crippen LogP contribution in [0.3, 0.4) is 0 Å². The predicted octanol–water partition coefficient (Wildman–Crippen LogP) is 2.02. The number of sulfone groups is 1. The highest BCUT2D eigenvalue weighted by molar-refractivity contribution is 7.90. The topological polar surface area (TPSA) is 84.5 Å². The summed E-state index contributed by atoms with van der Waals surface area (Å²) in [7, 11) is -3.16. The molecule has 0 saturated heterocycles.